The van der Waals surface area contributed by atoms with Gasteiger partial charge < -0.3 is 10.2 Å². The molecule has 6 nitrogen and oxygen atoms in total. The number of allylic oxidation sites excluding steroid dienone is 1. The molecule has 0 saturated carbocycles. The maximum absolute atomic E-state index is 12.5. The maximum Gasteiger partial charge on any atom is 0.371 e. The van der Waals surface area contributed by atoms with E-state index in [-0.39, 0.29) is 14.7 Å². The summed E-state index contributed by atoms with van der Waals surface area (Å²) in [4.78, 5) is 22.5. The minimum atomic E-state index is -3.89. The van der Waals surface area contributed by atoms with Crippen LogP contribution in [0.3, 0.4) is 0 Å². The van der Waals surface area contributed by atoms with E-state index in [1.54, 1.807) is 18.2 Å². The Morgan fingerprint density at radius 1 is 1.05 bits per heavy atom. The van der Waals surface area contributed by atoms with Gasteiger partial charge >= 0.3 is 5.97 Å². The highest BCUT2D eigenvalue weighted by Gasteiger charge is 2.25. The van der Waals surface area contributed by atoms with Crippen LogP contribution in [0.2, 0.25) is 0 Å². The summed E-state index contributed by atoms with van der Waals surface area (Å²) >= 11 is 0.848. The van der Waals surface area contributed by atoms with Crippen molar-refractivity contribution in [2.45, 2.75) is 9.10 Å². The predicted octanol–water partition coefficient (Wildman–Crippen LogP) is 2.29. The highest BCUT2D eigenvalue weighted by atomic mass is 32.2. The lowest BCUT2D eigenvalue weighted by Gasteiger charge is -2.04. The fourth-order valence-electron chi connectivity index (χ4n) is 1.66. The Hall–Kier alpha value is -2.45. The van der Waals surface area contributed by atoms with Crippen molar-refractivity contribution in [1.82, 2.24) is 0 Å². The summed E-state index contributed by atoms with van der Waals surface area (Å²) in [6.07, 6.45) is 0.481. The van der Waals surface area contributed by atoms with Gasteiger partial charge in [-0.25, -0.2) is 13.2 Å². The van der Waals surface area contributed by atoms with E-state index in [2.05, 4.69) is 0 Å². The quantitative estimate of drug-likeness (QED) is 0.492. The van der Waals surface area contributed by atoms with E-state index >= 15 is 0 Å². The topological polar surface area (TPSA) is 109 Å². The zero-order valence-electron chi connectivity index (χ0n) is 11.0. The molecule has 0 amide bonds. The molecule has 1 heterocycles. The molecule has 0 fully saturated rings. The zero-order chi connectivity index (χ0) is 16.3. The highest BCUT2D eigenvalue weighted by Crippen LogP contribution is 2.29. The second-order valence-electron chi connectivity index (χ2n) is 4.14. The zero-order valence-corrected chi connectivity index (χ0v) is 12.6. The fourth-order valence-corrected chi connectivity index (χ4v) is 4.43. The minimum Gasteiger partial charge on any atom is -0.502 e. The average Bonchev–Trinajstić information content (AvgIpc) is 2.98. The standard InChI is InChI=1S/C14H10O6S2/c15-11(8-12(16)13(17)18)10-6-7-21-14(10)22(19,20)9-4-2-1-3-5-9/h1-8,16H,(H,17,18). The van der Waals surface area contributed by atoms with Crippen molar-refractivity contribution in [3.8, 4) is 0 Å². The summed E-state index contributed by atoms with van der Waals surface area (Å²) in [6.45, 7) is 0. The van der Waals surface area contributed by atoms with Crippen LogP contribution in [0.4, 0.5) is 0 Å². The van der Waals surface area contributed by atoms with Crippen LogP contribution in [0.25, 0.3) is 0 Å². The minimum absolute atomic E-state index is 0.0259. The summed E-state index contributed by atoms with van der Waals surface area (Å²) in [6, 6.07) is 8.83. The first-order valence-electron chi connectivity index (χ1n) is 5.90. The van der Waals surface area contributed by atoms with Gasteiger partial charge in [0.05, 0.1) is 10.5 Å². The number of hydrogen-bond acceptors (Lipinski definition) is 6. The molecule has 0 radical (unpaired) electrons. The Bertz CT molecular complexity index is 846. The molecule has 2 N–H and O–H groups in total. The van der Waals surface area contributed by atoms with Crippen molar-refractivity contribution in [3.05, 3.63) is 59.2 Å². The largest absolute Gasteiger partial charge is 0.502 e. The van der Waals surface area contributed by atoms with E-state index in [1.807, 2.05) is 0 Å². The van der Waals surface area contributed by atoms with Crippen molar-refractivity contribution in [3.63, 3.8) is 0 Å². The van der Waals surface area contributed by atoms with Gasteiger partial charge in [-0.15, -0.1) is 11.3 Å². The molecule has 0 aliphatic carbocycles. The number of aliphatic hydroxyl groups excluding tert-OH is 1. The van der Waals surface area contributed by atoms with Crippen molar-refractivity contribution >= 4 is 32.9 Å². The smallest absolute Gasteiger partial charge is 0.371 e. The monoisotopic (exact) mass is 338 g/mol. The number of rotatable bonds is 5. The van der Waals surface area contributed by atoms with Crippen molar-refractivity contribution < 1.29 is 28.2 Å². The van der Waals surface area contributed by atoms with Crippen LogP contribution in [-0.2, 0) is 14.6 Å². The number of ketones is 1. The number of carboxylic acid groups (broad SMARTS) is 1. The lowest BCUT2D eigenvalue weighted by molar-refractivity contribution is -0.135. The van der Waals surface area contributed by atoms with Crippen molar-refractivity contribution in [1.29, 1.82) is 0 Å². The molecule has 1 aromatic carbocycles. The van der Waals surface area contributed by atoms with E-state index in [1.165, 1.54) is 23.6 Å². The van der Waals surface area contributed by atoms with E-state index in [0.29, 0.717) is 6.08 Å². The Balaban J connectivity index is 2.49. The summed E-state index contributed by atoms with van der Waals surface area (Å²) in [7, 11) is -3.89. The van der Waals surface area contributed by atoms with Gasteiger partial charge in [0, 0.05) is 6.08 Å². The second-order valence-corrected chi connectivity index (χ2v) is 7.20. The molecule has 0 atom stereocenters. The van der Waals surface area contributed by atoms with Crippen LogP contribution in [0.1, 0.15) is 10.4 Å². The maximum atomic E-state index is 12.5. The normalized spacial score (nSPS) is 12.1. The number of benzene rings is 1. The molecule has 2 aromatic rings. The molecule has 8 heteroatoms. The first-order chi connectivity index (χ1) is 10.3. The van der Waals surface area contributed by atoms with E-state index in [0.717, 1.165) is 11.3 Å². The third-order valence-corrected chi connectivity index (χ3v) is 5.93. The van der Waals surface area contributed by atoms with Crippen LogP contribution in [-0.4, -0.2) is 30.4 Å². The van der Waals surface area contributed by atoms with Gasteiger partial charge in [0.1, 0.15) is 4.21 Å². The average molecular weight is 338 g/mol. The Labute approximate surface area is 129 Å². The number of carboxylic acids is 1. The Morgan fingerprint density at radius 2 is 1.68 bits per heavy atom. The number of aliphatic hydroxyl groups is 1. The van der Waals surface area contributed by atoms with Crippen molar-refractivity contribution in [2.75, 3.05) is 0 Å². The van der Waals surface area contributed by atoms with E-state index in [4.69, 9.17) is 10.2 Å². The summed E-state index contributed by atoms with van der Waals surface area (Å²) in [5.74, 6) is -3.72. The summed E-state index contributed by atoms with van der Waals surface area (Å²) in [5, 5.41) is 19.1. The Kier molecular flexibility index (Phi) is 4.43. The number of hydrogen-bond donors (Lipinski definition) is 2. The third-order valence-electron chi connectivity index (χ3n) is 2.68. The van der Waals surface area contributed by atoms with Crippen LogP contribution in [0.5, 0.6) is 0 Å². The summed E-state index contributed by atoms with van der Waals surface area (Å²) < 4.78 is 24.8. The molecular weight excluding hydrogens is 328 g/mol. The fraction of sp³-hybridized carbons (Fsp3) is 0. The molecule has 0 aliphatic rings. The van der Waals surface area contributed by atoms with Gasteiger partial charge in [0.2, 0.25) is 15.6 Å². The highest BCUT2D eigenvalue weighted by molar-refractivity contribution is 7.93. The third kappa shape index (κ3) is 3.07. The Morgan fingerprint density at radius 3 is 2.27 bits per heavy atom. The molecule has 114 valence electrons. The molecule has 0 saturated heterocycles. The van der Waals surface area contributed by atoms with Gasteiger partial charge in [0.15, 0.2) is 5.78 Å². The molecule has 1 aromatic heterocycles. The van der Waals surface area contributed by atoms with Crippen LogP contribution < -0.4 is 0 Å². The van der Waals surface area contributed by atoms with Gasteiger partial charge in [-0.1, -0.05) is 18.2 Å². The van der Waals surface area contributed by atoms with Crippen LogP contribution >= 0.6 is 11.3 Å². The van der Waals surface area contributed by atoms with E-state index < -0.39 is 27.3 Å². The van der Waals surface area contributed by atoms with Crippen molar-refractivity contribution in [2.24, 2.45) is 0 Å². The molecule has 2 rings (SSSR count). The van der Waals surface area contributed by atoms with Crippen LogP contribution in [0, 0.1) is 0 Å². The molecule has 0 spiro atoms. The lowest BCUT2D eigenvalue weighted by Crippen LogP contribution is -2.08. The van der Waals surface area contributed by atoms with Gasteiger partial charge in [-0.3, -0.25) is 4.79 Å². The second kappa shape index (κ2) is 6.12. The first kappa shape index (κ1) is 15.9. The number of carbonyl (C=O) groups excluding carboxylic acids is 1. The SMILES string of the molecule is O=C(O)C(O)=CC(=O)c1ccsc1S(=O)(=O)c1ccccc1. The van der Waals surface area contributed by atoms with Gasteiger partial charge in [-0.05, 0) is 23.6 Å². The number of carbonyl (C=O) groups is 2. The van der Waals surface area contributed by atoms with E-state index in [9.17, 15) is 18.0 Å². The first-order valence-corrected chi connectivity index (χ1v) is 8.26. The number of aliphatic carboxylic acids is 1. The molecule has 0 aliphatic heterocycles. The van der Waals surface area contributed by atoms with Gasteiger partial charge in [0.25, 0.3) is 0 Å². The molecule has 0 unspecified atom stereocenters. The summed E-state index contributed by atoms with van der Waals surface area (Å²) in [5.41, 5.74) is -0.179. The molecular formula is C14H10O6S2. The molecule has 0 bridgehead atoms. The lowest BCUT2D eigenvalue weighted by atomic mass is 10.2. The van der Waals surface area contributed by atoms with Crippen LogP contribution in [0.15, 0.2) is 62.7 Å². The molecule has 22 heavy (non-hydrogen) atoms. The number of thiophene rings is 1. The van der Waals surface area contributed by atoms with Gasteiger partial charge in [-0.2, -0.15) is 0 Å². The number of sulfone groups is 1. The predicted molar refractivity (Wildman–Crippen MR) is 78.9 cm³/mol.